The van der Waals surface area contributed by atoms with Gasteiger partial charge in [0.1, 0.15) is 6.04 Å². The lowest BCUT2D eigenvalue weighted by molar-refractivity contribution is -0.145. The van der Waals surface area contributed by atoms with Crippen molar-refractivity contribution < 1.29 is 23.3 Å². The first-order chi connectivity index (χ1) is 14.9. The first kappa shape index (κ1) is 24.3. The van der Waals surface area contributed by atoms with Crippen molar-refractivity contribution in [2.45, 2.75) is 43.2 Å². The molecule has 0 radical (unpaired) electrons. The molecule has 2 aromatic carbocycles. The molecule has 166 valence electrons. The van der Waals surface area contributed by atoms with Gasteiger partial charge < -0.3 is 15.4 Å². The highest BCUT2D eigenvalue weighted by Gasteiger charge is 2.23. The van der Waals surface area contributed by atoms with Gasteiger partial charge in [0.2, 0.25) is 11.8 Å². The maximum absolute atomic E-state index is 12.4. The number of methoxy groups -OCH3 is 1. The minimum Gasteiger partial charge on any atom is -0.467 e. The highest BCUT2D eigenvalue weighted by atomic mass is 32.2. The highest BCUT2D eigenvalue weighted by molar-refractivity contribution is 7.85. The van der Waals surface area contributed by atoms with Gasteiger partial charge in [0.25, 0.3) is 0 Å². The summed E-state index contributed by atoms with van der Waals surface area (Å²) < 4.78 is 17.1. The SMILES string of the molecule is COC(=O)[C@@H](CC[S@](=O)c1ccccc1)NC(=O)CCC(=O)N[C@H](C)c1ccccc1. The van der Waals surface area contributed by atoms with Gasteiger partial charge in [-0.2, -0.15) is 0 Å². The lowest BCUT2D eigenvalue weighted by atomic mass is 10.1. The summed E-state index contributed by atoms with van der Waals surface area (Å²) in [6.07, 6.45) is 0.0899. The Labute approximate surface area is 185 Å². The molecule has 0 saturated heterocycles. The summed E-state index contributed by atoms with van der Waals surface area (Å²) >= 11 is 0. The van der Waals surface area contributed by atoms with Crippen LogP contribution in [0, 0.1) is 0 Å². The van der Waals surface area contributed by atoms with Gasteiger partial charge in [-0.05, 0) is 31.0 Å². The van der Waals surface area contributed by atoms with E-state index in [-0.39, 0.29) is 37.0 Å². The predicted molar refractivity (Wildman–Crippen MR) is 119 cm³/mol. The van der Waals surface area contributed by atoms with Crippen LogP contribution in [0.2, 0.25) is 0 Å². The van der Waals surface area contributed by atoms with Crippen LogP contribution in [-0.2, 0) is 29.9 Å². The van der Waals surface area contributed by atoms with Crippen LogP contribution >= 0.6 is 0 Å². The lowest BCUT2D eigenvalue weighted by Gasteiger charge is -2.17. The molecule has 2 N–H and O–H groups in total. The van der Waals surface area contributed by atoms with Crippen LogP contribution in [0.25, 0.3) is 0 Å². The number of hydrogen-bond donors (Lipinski definition) is 2. The van der Waals surface area contributed by atoms with Crippen LogP contribution in [-0.4, -0.2) is 40.9 Å². The van der Waals surface area contributed by atoms with E-state index < -0.39 is 28.7 Å². The van der Waals surface area contributed by atoms with Crippen LogP contribution < -0.4 is 10.6 Å². The van der Waals surface area contributed by atoms with E-state index in [1.54, 1.807) is 24.3 Å². The van der Waals surface area contributed by atoms with Crippen LogP contribution in [0.1, 0.15) is 37.8 Å². The molecule has 0 spiro atoms. The second kappa shape index (κ2) is 12.6. The average Bonchev–Trinajstić information content (AvgIpc) is 2.80. The number of carbonyl (C=O) groups excluding carboxylic acids is 3. The van der Waals surface area contributed by atoms with E-state index in [9.17, 15) is 18.6 Å². The van der Waals surface area contributed by atoms with Crippen molar-refractivity contribution in [1.82, 2.24) is 10.6 Å². The monoisotopic (exact) mass is 444 g/mol. The third-order valence-electron chi connectivity index (χ3n) is 4.68. The second-order valence-electron chi connectivity index (χ2n) is 6.99. The van der Waals surface area contributed by atoms with E-state index in [4.69, 9.17) is 4.74 Å². The fourth-order valence-corrected chi connectivity index (χ4v) is 4.08. The summed E-state index contributed by atoms with van der Waals surface area (Å²) in [5, 5.41) is 5.43. The first-order valence-corrected chi connectivity index (χ1v) is 11.4. The third kappa shape index (κ3) is 8.33. The van der Waals surface area contributed by atoms with Gasteiger partial charge in [-0.1, -0.05) is 48.5 Å². The van der Waals surface area contributed by atoms with Crippen molar-refractivity contribution in [3.8, 4) is 0 Å². The van der Waals surface area contributed by atoms with Gasteiger partial charge >= 0.3 is 5.97 Å². The summed E-state index contributed by atoms with van der Waals surface area (Å²) in [6.45, 7) is 1.87. The number of carbonyl (C=O) groups is 3. The molecule has 2 rings (SSSR count). The number of nitrogens with one attached hydrogen (secondary N) is 2. The zero-order chi connectivity index (χ0) is 22.6. The van der Waals surface area contributed by atoms with E-state index >= 15 is 0 Å². The molecule has 0 bridgehead atoms. The quantitative estimate of drug-likeness (QED) is 0.519. The molecule has 3 atom stereocenters. The minimum atomic E-state index is -1.30. The molecule has 0 aliphatic rings. The zero-order valence-corrected chi connectivity index (χ0v) is 18.5. The van der Waals surface area contributed by atoms with Crippen LogP contribution in [0.5, 0.6) is 0 Å². The van der Waals surface area contributed by atoms with Crippen molar-refractivity contribution in [3.05, 3.63) is 66.2 Å². The molecular formula is C23H28N2O5S. The minimum absolute atomic E-state index is 0.00710. The Morgan fingerprint density at radius 2 is 1.45 bits per heavy atom. The Bertz CT molecular complexity index is 889. The summed E-state index contributed by atoms with van der Waals surface area (Å²) in [5.74, 6) is -1.12. The average molecular weight is 445 g/mol. The maximum atomic E-state index is 12.4. The topological polar surface area (TPSA) is 102 Å². The van der Waals surface area contributed by atoms with Gasteiger partial charge in [-0.3, -0.25) is 13.8 Å². The number of amides is 2. The van der Waals surface area contributed by atoms with Gasteiger partial charge in [-0.15, -0.1) is 0 Å². The van der Waals surface area contributed by atoms with Crippen molar-refractivity contribution in [2.24, 2.45) is 0 Å². The molecule has 0 saturated carbocycles. The standard InChI is InChI=1S/C23H28N2O5S/c1-17(18-9-5-3-6-10-18)24-21(26)13-14-22(27)25-20(23(28)30-2)15-16-31(29)19-11-7-4-8-12-19/h3-12,17,20H,13-16H2,1-2H3,(H,24,26)(H,25,27)/t17-,20-,31+/m1/s1. The zero-order valence-electron chi connectivity index (χ0n) is 17.7. The van der Waals surface area contributed by atoms with Gasteiger partial charge in [-0.25, -0.2) is 4.79 Å². The Morgan fingerprint density at radius 1 is 0.903 bits per heavy atom. The van der Waals surface area contributed by atoms with E-state index in [1.165, 1.54) is 7.11 Å². The summed E-state index contributed by atoms with van der Waals surface area (Å²) in [5.41, 5.74) is 0.970. The number of ether oxygens (including phenoxy) is 1. The van der Waals surface area contributed by atoms with E-state index in [0.29, 0.717) is 4.90 Å². The fraction of sp³-hybridized carbons (Fsp3) is 0.348. The maximum Gasteiger partial charge on any atom is 0.328 e. The van der Waals surface area contributed by atoms with Crippen LogP contribution in [0.3, 0.4) is 0 Å². The molecule has 0 unspecified atom stereocenters. The molecule has 7 nitrogen and oxygen atoms in total. The Hall–Kier alpha value is -3.00. The number of hydrogen-bond acceptors (Lipinski definition) is 5. The Morgan fingerprint density at radius 3 is 2.03 bits per heavy atom. The normalized spacial score (nSPS) is 13.5. The summed E-state index contributed by atoms with van der Waals surface area (Å²) in [4.78, 5) is 37.1. The largest absolute Gasteiger partial charge is 0.467 e. The van der Waals surface area contributed by atoms with Crippen molar-refractivity contribution in [3.63, 3.8) is 0 Å². The Kier molecular flexibility index (Phi) is 9.90. The lowest BCUT2D eigenvalue weighted by Crippen LogP contribution is -2.42. The van der Waals surface area contributed by atoms with Crippen LogP contribution in [0.4, 0.5) is 0 Å². The fourth-order valence-electron chi connectivity index (χ4n) is 2.94. The molecule has 0 heterocycles. The highest BCUT2D eigenvalue weighted by Crippen LogP contribution is 2.12. The molecule has 0 aliphatic heterocycles. The summed E-state index contributed by atoms with van der Waals surface area (Å²) in [6, 6.07) is 17.3. The molecule has 0 fully saturated rings. The van der Waals surface area contributed by atoms with Gasteiger partial charge in [0.15, 0.2) is 0 Å². The molecular weight excluding hydrogens is 416 g/mol. The Balaban J connectivity index is 1.81. The number of benzene rings is 2. The second-order valence-corrected chi connectivity index (χ2v) is 8.57. The van der Waals surface area contributed by atoms with Gasteiger partial charge in [0, 0.05) is 23.5 Å². The third-order valence-corrected chi connectivity index (χ3v) is 6.08. The molecule has 8 heteroatoms. The van der Waals surface area contributed by atoms with Gasteiger partial charge in [0.05, 0.1) is 24.0 Å². The van der Waals surface area contributed by atoms with E-state index in [1.807, 2.05) is 43.3 Å². The van der Waals surface area contributed by atoms with E-state index in [0.717, 1.165) is 5.56 Å². The van der Waals surface area contributed by atoms with Crippen molar-refractivity contribution in [1.29, 1.82) is 0 Å². The molecule has 2 amide bonds. The number of esters is 1. The number of rotatable bonds is 11. The molecule has 0 aliphatic carbocycles. The van der Waals surface area contributed by atoms with Crippen LogP contribution in [0.15, 0.2) is 65.6 Å². The van der Waals surface area contributed by atoms with E-state index in [2.05, 4.69) is 10.6 Å². The van der Waals surface area contributed by atoms with Crippen molar-refractivity contribution in [2.75, 3.05) is 12.9 Å². The molecule has 31 heavy (non-hydrogen) atoms. The first-order valence-electron chi connectivity index (χ1n) is 10.1. The summed E-state index contributed by atoms with van der Waals surface area (Å²) in [7, 11) is -0.0664. The smallest absolute Gasteiger partial charge is 0.328 e. The molecule has 0 aromatic heterocycles. The van der Waals surface area contributed by atoms with Crippen molar-refractivity contribution >= 4 is 28.6 Å². The molecule has 2 aromatic rings. The predicted octanol–water partition coefficient (Wildman–Crippen LogP) is 2.50.